The van der Waals surface area contributed by atoms with Gasteiger partial charge in [0.1, 0.15) is 0 Å². The third-order valence-corrected chi connectivity index (χ3v) is 2.18. The van der Waals surface area contributed by atoms with E-state index >= 15 is 0 Å². The van der Waals surface area contributed by atoms with E-state index < -0.39 is 0 Å². The summed E-state index contributed by atoms with van der Waals surface area (Å²) in [6.45, 7) is 8.71. The van der Waals surface area contributed by atoms with Gasteiger partial charge in [0, 0.05) is 25.5 Å². The Bertz CT molecular complexity index is 253. The van der Waals surface area contributed by atoms with E-state index in [-0.39, 0.29) is 0 Å². The van der Waals surface area contributed by atoms with Crippen molar-refractivity contribution < 1.29 is 0 Å². The van der Waals surface area contributed by atoms with Crippen LogP contribution in [0.3, 0.4) is 0 Å². The van der Waals surface area contributed by atoms with E-state index in [4.69, 9.17) is 0 Å². The van der Waals surface area contributed by atoms with Crippen LogP contribution in [0.2, 0.25) is 0 Å². The van der Waals surface area contributed by atoms with Gasteiger partial charge in [-0.1, -0.05) is 20.8 Å². The summed E-state index contributed by atoms with van der Waals surface area (Å²) in [5.74, 6) is 1.75. The van der Waals surface area contributed by atoms with Crippen LogP contribution in [-0.4, -0.2) is 16.1 Å². The fourth-order valence-electron chi connectivity index (χ4n) is 1.37. The van der Waals surface area contributed by atoms with Gasteiger partial charge in [-0.15, -0.1) is 0 Å². The number of aryl methyl sites for hydroxylation is 1. The van der Waals surface area contributed by atoms with Crippen LogP contribution in [0.5, 0.6) is 0 Å². The molecule has 0 amide bonds. The molecule has 0 unspecified atom stereocenters. The lowest BCUT2D eigenvalue weighted by Gasteiger charge is -2.09. The van der Waals surface area contributed by atoms with Crippen molar-refractivity contribution >= 4 is 5.95 Å². The van der Waals surface area contributed by atoms with Crippen LogP contribution < -0.4 is 5.32 Å². The standard InChI is InChI=1S/C11H21N3/c1-4-8-14-9-7-13-11(14)12-6-5-10(2)3/h7,9-10H,4-6,8H2,1-3H3,(H,12,13). The van der Waals surface area contributed by atoms with Crippen molar-refractivity contribution in [2.75, 3.05) is 11.9 Å². The first-order valence-corrected chi connectivity index (χ1v) is 5.49. The Labute approximate surface area is 86.5 Å². The molecule has 3 heteroatoms. The molecule has 0 aliphatic carbocycles. The molecule has 0 radical (unpaired) electrons. The second-order valence-electron chi connectivity index (χ2n) is 4.05. The van der Waals surface area contributed by atoms with Gasteiger partial charge in [-0.25, -0.2) is 4.98 Å². The molecule has 1 aromatic rings. The lowest BCUT2D eigenvalue weighted by Crippen LogP contribution is -2.10. The third-order valence-electron chi connectivity index (χ3n) is 2.18. The van der Waals surface area contributed by atoms with Crippen LogP contribution in [0.1, 0.15) is 33.6 Å². The Balaban J connectivity index is 2.37. The first kappa shape index (κ1) is 11.1. The fourth-order valence-corrected chi connectivity index (χ4v) is 1.37. The van der Waals surface area contributed by atoms with Crippen molar-refractivity contribution in [2.24, 2.45) is 5.92 Å². The molecule has 1 N–H and O–H groups in total. The van der Waals surface area contributed by atoms with Gasteiger partial charge in [0.2, 0.25) is 5.95 Å². The van der Waals surface area contributed by atoms with Crippen molar-refractivity contribution in [1.29, 1.82) is 0 Å². The van der Waals surface area contributed by atoms with Crippen molar-refractivity contribution in [3.05, 3.63) is 12.4 Å². The number of nitrogens with zero attached hydrogens (tertiary/aromatic N) is 2. The van der Waals surface area contributed by atoms with Gasteiger partial charge in [-0.3, -0.25) is 0 Å². The largest absolute Gasteiger partial charge is 0.356 e. The minimum absolute atomic E-state index is 0.747. The third kappa shape index (κ3) is 3.40. The summed E-state index contributed by atoms with van der Waals surface area (Å²) in [5, 5.41) is 3.36. The molecule has 1 rings (SSSR count). The topological polar surface area (TPSA) is 29.9 Å². The van der Waals surface area contributed by atoms with Crippen LogP contribution in [0.25, 0.3) is 0 Å². The normalized spacial score (nSPS) is 10.9. The second-order valence-corrected chi connectivity index (χ2v) is 4.05. The van der Waals surface area contributed by atoms with Crippen LogP contribution in [0, 0.1) is 5.92 Å². The zero-order valence-electron chi connectivity index (χ0n) is 9.45. The second kappa shape index (κ2) is 5.68. The number of nitrogens with one attached hydrogen (secondary N) is 1. The highest BCUT2D eigenvalue weighted by atomic mass is 15.2. The van der Waals surface area contributed by atoms with Gasteiger partial charge < -0.3 is 9.88 Å². The molecule has 1 heterocycles. The number of rotatable bonds is 6. The Kier molecular flexibility index (Phi) is 4.50. The number of anilines is 1. The lowest BCUT2D eigenvalue weighted by molar-refractivity contribution is 0.601. The summed E-state index contributed by atoms with van der Waals surface area (Å²) in [7, 11) is 0. The molecular formula is C11H21N3. The minimum atomic E-state index is 0.747. The first-order chi connectivity index (χ1) is 6.74. The SMILES string of the molecule is CCCn1ccnc1NCCC(C)C. The highest BCUT2D eigenvalue weighted by Gasteiger charge is 2.00. The summed E-state index contributed by atoms with van der Waals surface area (Å²) in [5.41, 5.74) is 0. The quantitative estimate of drug-likeness (QED) is 0.756. The Morgan fingerprint density at radius 1 is 1.50 bits per heavy atom. The van der Waals surface area contributed by atoms with Crippen LogP contribution >= 0.6 is 0 Å². The van der Waals surface area contributed by atoms with Gasteiger partial charge in [-0.05, 0) is 18.8 Å². The Hall–Kier alpha value is -0.990. The molecule has 0 saturated heterocycles. The zero-order valence-corrected chi connectivity index (χ0v) is 9.45. The number of aromatic nitrogens is 2. The predicted molar refractivity (Wildman–Crippen MR) is 60.5 cm³/mol. The maximum Gasteiger partial charge on any atom is 0.202 e. The van der Waals surface area contributed by atoms with E-state index in [1.807, 2.05) is 12.4 Å². The van der Waals surface area contributed by atoms with Crippen LogP contribution in [0.4, 0.5) is 5.95 Å². The lowest BCUT2D eigenvalue weighted by atomic mass is 10.1. The van der Waals surface area contributed by atoms with E-state index in [0.717, 1.165) is 31.4 Å². The molecule has 3 nitrogen and oxygen atoms in total. The minimum Gasteiger partial charge on any atom is -0.356 e. The summed E-state index contributed by atoms with van der Waals surface area (Å²) in [6, 6.07) is 0. The maximum absolute atomic E-state index is 4.28. The molecule has 0 spiro atoms. The average Bonchev–Trinajstić information content (AvgIpc) is 2.53. The smallest absolute Gasteiger partial charge is 0.202 e. The highest BCUT2D eigenvalue weighted by molar-refractivity contribution is 5.25. The number of imidazole rings is 1. The number of hydrogen-bond donors (Lipinski definition) is 1. The van der Waals surface area contributed by atoms with Gasteiger partial charge in [-0.2, -0.15) is 0 Å². The molecule has 0 aliphatic heterocycles. The van der Waals surface area contributed by atoms with E-state index in [9.17, 15) is 0 Å². The number of hydrogen-bond acceptors (Lipinski definition) is 2. The molecule has 80 valence electrons. The first-order valence-electron chi connectivity index (χ1n) is 5.49. The molecule has 0 aromatic carbocycles. The van der Waals surface area contributed by atoms with Crippen LogP contribution in [-0.2, 0) is 6.54 Å². The molecule has 1 aromatic heterocycles. The van der Waals surface area contributed by atoms with E-state index in [2.05, 4.69) is 35.6 Å². The Morgan fingerprint density at radius 2 is 2.29 bits per heavy atom. The molecule has 0 aliphatic rings. The predicted octanol–water partition coefficient (Wildman–Crippen LogP) is 2.75. The molecule has 14 heavy (non-hydrogen) atoms. The van der Waals surface area contributed by atoms with Crippen molar-refractivity contribution in [3.63, 3.8) is 0 Å². The Morgan fingerprint density at radius 3 is 2.93 bits per heavy atom. The van der Waals surface area contributed by atoms with Crippen molar-refractivity contribution in [1.82, 2.24) is 9.55 Å². The highest BCUT2D eigenvalue weighted by Crippen LogP contribution is 2.06. The molecule has 0 fully saturated rings. The summed E-state index contributed by atoms with van der Waals surface area (Å²) < 4.78 is 2.17. The van der Waals surface area contributed by atoms with Gasteiger partial charge in [0.05, 0.1) is 0 Å². The van der Waals surface area contributed by atoms with Crippen LogP contribution in [0.15, 0.2) is 12.4 Å². The molecule has 0 bridgehead atoms. The monoisotopic (exact) mass is 195 g/mol. The van der Waals surface area contributed by atoms with E-state index in [0.29, 0.717) is 0 Å². The average molecular weight is 195 g/mol. The summed E-state index contributed by atoms with van der Waals surface area (Å²) in [4.78, 5) is 4.28. The molecular weight excluding hydrogens is 174 g/mol. The molecule has 0 atom stereocenters. The molecule has 0 saturated carbocycles. The van der Waals surface area contributed by atoms with Gasteiger partial charge in [0.25, 0.3) is 0 Å². The maximum atomic E-state index is 4.28. The van der Waals surface area contributed by atoms with E-state index in [1.165, 1.54) is 6.42 Å². The van der Waals surface area contributed by atoms with Crippen molar-refractivity contribution in [2.45, 2.75) is 40.2 Å². The van der Waals surface area contributed by atoms with Gasteiger partial charge >= 0.3 is 0 Å². The van der Waals surface area contributed by atoms with E-state index in [1.54, 1.807) is 0 Å². The zero-order chi connectivity index (χ0) is 10.4. The summed E-state index contributed by atoms with van der Waals surface area (Å²) >= 11 is 0. The summed E-state index contributed by atoms with van der Waals surface area (Å²) in [6.07, 6.45) is 6.22. The van der Waals surface area contributed by atoms with Gasteiger partial charge in [0.15, 0.2) is 0 Å². The van der Waals surface area contributed by atoms with Crippen molar-refractivity contribution in [3.8, 4) is 0 Å². The fraction of sp³-hybridized carbons (Fsp3) is 0.727.